The van der Waals surface area contributed by atoms with Crippen molar-refractivity contribution in [2.75, 3.05) is 13.2 Å². The number of rotatable bonds is 5. The van der Waals surface area contributed by atoms with Crippen LogP contribution in [0.2, 0.25) is 0 Å². The van der Waals surface area contributed by atoms with E-state index in [0.717, 1.165) is 6.08 Å². The molecule has 0 aliphatic heterocycles. The highest BCUT2D eigenvalue weighted by Crippen LogP contribution is 2.11. The molecule has 0 aromatic heterocycles. The van der Waals surface area contributed by atoms with Gasteiger partial charge in [-0.1, -0.05) is 6.58 Å². The van der Waals surface area contributed by atoms with E-state index in [1.165, 1.54) is 0 Å². The SMILES string of the molecule is C=CC(=O)OCCOc1ccc(C#N)cc1. The maximum Gasteiger partial charge on any atom is 0.330 e. The topological polar surface area (TPSA) is 59.3 Å². The third-order valence-electron chi connectivity index (χ3n) is 1.75. The van der Waals surface area contributed by atoms with E-state index in [1.807, 2.05) is 6.07 Å². The molecule has 0 fully saturated rings. The molecule has 0 heterocycles. The summed E-state index contributed by atoms with van der Waals surface area (Å²) in [6.45, 7) is 3.71. The first kappa shape index (κ1) is 11.8. The summed E-state index contributed by atoms with van der Waals surface area (Å²) in [4.78, 5) is 10.7. The number of carbonyl (C=O) groups is 1. The first-order chi connectivity index (χ1) is 7.76. The molecule has 4 heteroatoms. The Hall–Kier alpha value is -2.28. The summed E-state index contributed by atoms with van der Waals surface area (Å²) in [5, 5.41) is 8.57. The molecule has 0 aliphatic rings. The van der Waals surface area contributed by atoms with Crippen molar-refractivity contribution in [3.8, 4) is 11.8 Å². The maximum atomic E-state index is 10.7. The van der Waals surface area contributed by atoms with Gasteiger partial charge in [-0.05, 0) is 24.3 Å². The van der Waals surface area contributed by atoms with E-state index in [-0.39, 0.29) is 13.2 Å². The van der Waals surface area contributed by atoms with Crippen LogP contribution in [-0.4, -0.2) is 19.2 Å². The van der Waals surface area contributed by atoms with Crippen molar-refractivity contribution < 1.29 is 14.3 Å². The van der Waals surface area contributed by atoms with Crippen molar-refractivity contribution in [2.45, 2.75) is 0 Å². The van der Waals surface area contributed by atoms with E-state index >= 15 is 0 Å². The van der Waals surface area contributed by atoms with Gasteiger partial charge in [-0.15, -0.1) is 0 Å². The standard InChI is InChI=1S/C12H11NO3/c1-2-12(14)16-8-7-15-11-5-3-10(9-13)4-6-11/h2-6H,1,7-8H2. The number of esters is 1. The number of hydrogen-bond acceptors (Lipinski definition) is 4. The zero-order valence-corrected chi connectivity index (χ0v) is 8.68. The minimum Gasteiger partial charge on any atom is -0.490 e. The first-order valence-corrected chi connectivity index (χ1v) is 4.68. The molecule has 1 aromatic carbocycles. The number of nitrogens with zero attached hydrogens (tertiary/aromatic N) is 1. The fraction of sp³-hybridized carbons (Fsp3) is 0.167. The number of carbonyl (C=O) groups excluding carboxylic acids is 1. The predicted molar refractivity (Wildman–Crippen MR) is 57.8 cm³/mol. The molecule has 0 aliphatic carbocycles. The van der Waals surface area contributed by atoms with Crippen LogP contribution in [0.1, 0.15) is 5.56 Å². The van der Waals surface area contributed by atoms with Gasteiger partial charge in [0.25, 0.3) is 0 Å². The molecule has 0 bridgehead atoms. The molecule has 4 nitrogen and oxygen atoms in total. The normalized spacial score (nSPS) is 8.94. The molecular weight excluding hydrogens is 206 g/mol. The summed E-state index contributed by atoms with van der Waals surface area (Å²) in [6.07, 6.45) is 1.10. The van der Waals surface area contributed by atoms with Gasteiger partial charge in [0.15, 0.2) is 0 Å². The Morgan fingerprint density at radius 2 is 2.06 bits per heavy atom. The Morgan fingerprint density at radius 3 is 2.62 bits per heavy atom. The number of nitriles is 1. The van der Waals surface area contributed by atoms with Crippen molar-refractivity contribution in [2.24, 2.45) is 0 Å². The molecule has 0 unspecified atom stereocenters. The van der Waals surface area contributed by atoms with Gasteiger partial charge in [0.2, 0.25) is 0 Å². The van der Waals surface area contributed by atoms with Crippen molar-refractivity contribution >= 4 is 5.97 Å². The van der Waals surface area contributed by atoms with E-state index in [4.69, 9.17) is 14.7 Å². The molecule has 82 valence electrons. The average Bonchev–Trinajstić information content (AvgIpc) is 2.35. The predicted octanol–water partition coefficient (Wildman–Crippen LogP) is 1.67. The van der Waals surface area contributed by atoms with Crippen LogP contribution < -0.4 is 4.74 Å². The van der Waals surface area contributed by atoms with Crippen LogP contribution in [0.4, 0.5) is 0 Å². The molecule has 0 amide bonds. The second-order valence-electron chi connectivity index (χ2n) is 2.86. The van der Waals surface area contributed by atoms with Crippen LogP contribution in [-0.2, 0) is 9.53 Å². The third-order valence-corrected chi connectivity index (χ3v) is 1.75. The van der Waals surface area contributed by atoms with Crippen LogP contribution in [0.5, 0.6) is 5.75 Å². The van der Waals surface area contributed by atoms with Crippen molar-refractivity contribution in [3.63, 3.8) is 0 Å². The number of benzene rings is 1. The molecule has 0 saturated carbocycles. The highest BCUT2D eigenvalue weighted by molar-refractivity contribution is 5.81. The highest BCUT2D eigenvalue weighted by atomic mass is 16.6. The molecule has 16 heavy (non-hydrogen) atoms. The van der Waals surface area contributed by atoms with E-state index < -0.39 is 5.97 Å². The Kier molecular flexibility index (Phi) is 4.61. The van der Waals surface area contributed by atoms with Gasteiger partial charge in [-0.25, -0.2) is 4.79 Å². The van der Waals surface area contributed by atoms with Gasteiger partial charge in [0, 0.05) is 6.08 Å². The zero-order valence-electron chi connectivity index (χ0n) is 8.68. The van der Waals surface area contributed by atoms with Crippen LogP contribution in [0, 0.1) is 11.3 Å². The second kappa shape index (κ2) is 6.25. The van der Waals surface area contributed by atoms with Gasteiger partial charge < -0.3 is 9.47 Å². The third kappa shape index (κ3) is 3.84. The summed E-state index contributed by atoms with van der Waals surface area (Å²) in [6, 6.07) is 8.70. The van der Waals surface area contributed by atoms with Gasteiger partial charge in [-0.3, -0.25) is 0 Å². The second-order valence-corrected chi connectivity index (χ2v) is 2.86. The number of ether oxygens (including phenoxy) is 2. The van der Waals surface area contributed by atoms with Crippen LogP contribution in [0.3, 0.4) is 0 Å². The summed E-state index contributed by atoms with van der Waals surface area (Å²) in [5.74, 6) is 0.164. The molecule has 0 saturated heterocycles. The maximum absolute atomic E-state index is 10.7. The Morgan fingerprint density at radius 1 is 1.38 bits per heavy atom. The van der Waals surface area contributed by atoms with Gasteiger partial charge in [0.05, 0.1) is 11.6 Å². The summed E-state index contributed by atoms with van der Waals surface area (Å²) in [7, 11) is 0. The Bertz CT molecular complexity index is 403. The lowest BCUT2D eigenvalue weighted by Gasteiger charge is -2.05. The molecule has 0 radical (unpaired) electrons. The quantitative estimate of drug-likeness (QED) is 0.427. The molecule has 0 spiro atoms. The average molecular weight is 217 g/mol. The summed E-state index contributed by atoms with van der Waals surface area (Å²) < 4.78 is 10.0. The zero-order chi connectivity index (χ0) is 11.8. The largest absolute Gasteiger partial charge is 0.490 e. The Balaban J connectivity index is 2.30. The molecular formula is C12H11NO3. The molecule has 1 aromatic rings. The van der Waals surface area contributed by atoms with E-state index in [9.17, 15) is 4.79 Å². The van der Waals surface area contributed by atoms with E-state index in [0.29, 0.717) is 11.3 Å². The first-order valence-electron chi connectivity index (χ1n) is 4.68. The van der Waals surface area contributed by atoms with Crippen molar-refractivity contribution in [3.05, 3.63) is 42.5 Å². The summed E-state index contributed by atoms with van der Waals surface area (Å²) in [5.41, 5.74) is 0.574. The highest BCUT2D eigenvalue weighted by Gasteiger charge is 1.97. The van der Waals surface area contributed by atoms with E-state index in [2.05, 4.69) is 6.58 Å². The molecule has 0 N–H and O–H groups in total. The van der Waals surface area contributed by atoms with Crippen LogP contribution in [0.25, 0.3) is 0 Å². The lowest BCUT2D eigenvalue weighted by molar-refractivity contribution is -0.138. The fourth-order valence-electron chi connectivity index (χ4n) is 0.986. The monoisotopic (exact) mass is 217 g/mol. The van der Waals surface area contributed by atoms with Crippen LogP contribution >= 0.6 is 0 Å². The number of hydrogen-bond donors (Lipinski definition) is 0. The molecule has 1 rings (SSSR count). The lowest BCUT2D eigenvalue weighted by atomic mass is 10.2. The van der Waals surface area contributed by atoms with Gasteiger partial charge >= 0.3 is 5.97 Å². The summed E-state index contributed by atoms with van der Waals surface area (Å²) >= 11 is 0. The lowest BCUT2D eigenvalue weighted by Crippen LogP contribution is -2.10. The van der Waals surface area contributed by atoms with Gasteiger partial charge in [-0.2, -0.15) is 5.26 Å². The minimum atomic E-state index is -0.469. The molecule has 0 atom stereocenters. The van der Waals surface area contributed by atoms with Crippen molar-refractivity contribution in [1.29, 1.82) is 5.26 Å². The Labute approximate surface area is 93.7 Å². The van der Waals surface area contributed by atoms with Crippen LogP contribution in [0.15, 0.2) is 36.9 Å². The smallest absolute Gasteiger partial charge is 0.330 e. The van der Waals surface area contributed by atoms with Crippen molar-refractivity contribution in [1.82, 2.24) is 0 Å². The fourth-order valence-corrected chi connectivity index (χ4v) is 0.986. The van der Waals surface area contributed by atoms with Gasteiger partial charge in [0.1, 0.15) is 19.0 Å². The minimum absolute atomic E-state index is 0.171. The van der Waals surface area contributed by atoms with E-state index in [1.54, 1.807) is 24.3 Å².